The molecule has 0 aliphatic carbocycles. The number of carbonyl (C=O) groups is 2. The van der Waals surface area contributed by atoms with Gasteiger partial charge in [-0.25, -0.2) is 0 Å². The first-order valence-corrected chi connectivity index (χ1v) is 9.90. The summed E-state index contributed by atoms with van der Waals surface area (Å²) in [5, 5.41) is 10.1. The first-order chi connectivity index (χ1) is 13.6. The van der Waals surface area contributed by atoms with Crippen molar-refractivity contribution in [3.63, 3.8) is 0 Å². The lowest BCUT2D eigenvalue weighted by Crippen LogP contribution is -2.47. The van der Waals surface area contributed by atoms with E-state index in [9.17, 15) is 9.59 Å². The second-order valence-corrected chi connectivity index (χ2v) is 7.20. The molecule has 2 N–H and O–H groups in total. The lowest BCUT2D eigenvalue weighted by Gasteiger charge is -2.31. The van der Waals surface area contributed by atoms with Gasteiger partial charge in [-0.2, -0.15) is 0 Å². The molecule has 3 rings (SSSR count). The molecule has 2 heterocycles. The van der Waals surface area contributed by atoms with Crippen LogP contribution in [0, 0.1) is 6.92 Å². The Bertz CT molecular complexity index is 795. The van der Waals surface area contributed by atoms with E-state index >= 15 is 0 Å². The molecule has 1 aliphatic rings. The highest BCUT2D eigenvalue weighted by Crippen LogP contribution is 2.25. The van der Waals surface area contributed by atoms with Gasteiger partial charge in [0.2, 0.25) is 5.91 Å². The van der Waals surface area contributed by atoms with Crippen LogP contribution in [0.15, 0.2) is 34.9 Å². The molecule has 0 unspecified atom stereocenters. The number of hydrogen-bond donors (Lipinski definition) is 2. The van der Waals surface area contributed by atoms with Gasteiger partial charge in [0, 0.05) is 31.2 Å². The zero-order valence-corrected chi connectivity index (χ0v) is 16.5. The molecular weight excluding hydrogens is 356 g/mol. The Hall–Kier alpha value is -2.67. The van der Waals surface area contributed by atoms with Crippen LogP contribution in [0.25, 0.3) is 11.3 Å². The van der Waals surface area contributed by atoms with E-state index in [2.05, 4.69) is 20.7 Å². The fraction of sp³-hybridized carbons (Fsp3) is 0.476. The van der Waals surface area contributed by atoms with Crippen LogP contribution in [-0.4, -0.2) is 54.1 Å². The number of piperidine rings is 1. The average molecular weight is 384 g/mol. The Balaban J connectivity index is 1.56. The van der Waals surface area contributed by atoms with Crippen molar-refractivity contribution in [3.05, 3.63) is 41.7 Å². The van der Waals surface area contributed by atoms with Gasteiger partial charge in [0.15, 0.2) is 0 Å². The summed E-state index contributed by atoms with van der Waals surface area (Å²) >= 11 is 0. The van der Waals surface area contributed by atoms with Crippen LogP contribution in [0.5, 0.6) is 0 Å². The molecule has 0 bridgehead atoms. The van der Waals surface area contributed by atoms with E-state index in [1.807, 2.05) is 37.3 Å². The fourth-order valence-corrected chi connectivity index (χ4v) is 3.45. The number of benzene rings is 1. The summed E-state index contributed by atoms with van der Waals surface area (Å²) in [7, 11) is 0. The molecule has 2 amide bonds. The summed E-state index contributed by atoms with van der Waals surface area (Å²) in [6, 6.07) is 9.65. The Morgan fingerprint density at radius 1 is 1.21 bits per heavy atom. The molecule has 0 radical (unpaired) electrons. The maximum Gasteiger partial charge on any atom is 0.257 e. The third-order valence-electron chi connectivity index (χ3n) is 5.00. The summed E-state index contributed by atoms with van der Waals surface area (Å²) in [4.78, 5) is 26.9. The Morgan fingerprint density at radius 3 is 2.61 bits per heavy atom. The van der Waals surface area contributed by atoms with E-state index in [1.54, 1.807) is 6.92 Å². The number of rotatable bonds is 7. The van der Waals surface area contributed by atoms with Gasteiger partial charge in [0.05, 0.1) is 6.54 Å². The van der Waals surface area contributed by atoms with Crippen LogP contribution in [0.3, 0.4) is 0 Å². The molecule has 0 atom stereocenters. The highest BCUT2D eigenvalue weighted by molar-refractivity contribution is 6.00. The molecule has 1 aromatic heterocycles. The minimum absolute atomic E-state index is 0.0666. The molecule has 0 saturated carbocycles. The standard InChI is InChI=1S/C21H28N4O3/c1-3-11-22-18(26)14-25-12-9-17(10-13-25)23-21(27)19-15(2)28-24-20(19)16-7-5-4-6-8-16/h4-8,17H,3,9-14H2,1-2H3,(H,22,26)(H,23,27). The van der Waals surface area contributed by atoms with E-state index < -0.39 is 0 Å². The SMILES string of the molecule is CCCNC(=O)CN1CCC(NC(=O)c2c(-c3ccccc3)noc2C)CC1. The molecule has 1 aromatic carbocycles. The first kappa shape index (κ1) is 20.1. The number of hydrogen-bond acceptors (Lipinski definition) is 5. The third kappa shape index (κ3) is 4.98. The van der Waals surface area contributed by atoms with E-state index in [0.29, 0.717) is 30.1 Å². The Kier molecular flexibility index (Phi) is 6.81. The minimum atomic E-state index is -0.156. The summed E-state index contributed by atoms with van der Waals surface area (Å²) < 4.78 is 5.29. The summed E-state index contributed by atoms with van der Waals surface area (Å²) in [6.45, 7) is 6.51. The van der Waals surface area contributed by atoms with Gasteiger partial charge >= 0.3 is 0 Å². The lowest BCUT2D eigenvalue weighted by atomic mass is 10.0. The molecule has 7 heteroatoms. The van der Waals surface area contributed by atoms with Crippen LogP contribution in [-0.2, 0) is 4.79 Å². The highest BCUT2D eigenvalue weighted by atomic mass is 16.5. The topological polar surface area (TPSA) is 87.5 Å². The van der Waals surface area contributed by atoms with Crippen LogP contribution in [0.1, 0.15) is 42.3 Å². The van der Waals surface area contributed by atoms with E-state index in [1.165, 1.54) is 0 Å². The summed E-state index contributed by atoms with van der Waals surface area (Å²) in [5.74, 6) is 0.426. The molecule has 28 heavy (non-hydrogen) atoms. The Morgan fingerprint density at radius 2 is 1.93 bits per heavy atom. The van der Waals surface area contributed by atoms with Crippen LogP contribution in [0.4, 0.5) is 0 Å². The number of aromatic nitrogens is 1. The molecule has 0 spiro atoms. The zero-order chi connectivity index (χ0) is 19.9. The highest BCUT2D eigenvalue weighted by Gasteiger charge is 2.26. The molecular formula is C21H28N4O3. The van der Waals surface area contributed by atoms with E-state index in [-0.39, 0.29) is 17.9 Å². The fourth-order valence-electron chi connectivity index (χ4n) is 3.45. The van der Waals surface area contributed by atoms with E-state index in [4.69, 9.17) is 4.52 Å². The molecule has 7 nitrogen and oxygen atoms in total. The third-order valence-corrected chi connectivity index (χ3v) is 5.00. The van der Waals surface area contributed by atoms with Crippen molar-refractivity contribution in [3.8, 4) is 11.3 Å². The van der Waals surface area contributed by atoms with Crippen LogP contribution >= 0.6 is 0 Å². The van der Waals surface area contributed by atoms with Crippen molar-refractivity contribution >= 4 is 11.8 Å². The smallest absolute Gasteiger partial charge is 0.257 e. The van der Waals surface area contributed by atoms with Crippen molar-refractivity contribution in [2.75, 3.05) is 26.2 Å². The number of amides is 2. The maximum absolute atomic E-state index is 12.9. The second-order valence-electron chi connectivity index (χ2n) is 7.20. The molecule has 1 aliphatic heterocycles. The van der Waals surface area contributed by atoms with E-state index in [0.717, 1.165) is 37.9 Å². The number of nitrogens with zero attached hydrogens (tertiary/aromatic N) is 2. The second kappa shape index (κ2) is 9.50. The van der Waals surface area contributed by atoms with Crippen LogP contribution in [0.2, 0.25) is 0 Å². The van der Waals surface area contributed by atoms with Gasteiger partial charge in [0.25, 0.3) is 5.91 Å². The first-order valence-electron chi connectivity index (χ1n) is 9.90. The van der Waals surface area contributed by atoms with Crippen molar-refractivity contribution in [1.29, 1.82) is 0 Å². The maximum atomic E-state index is 12.9. The van der Waals surface area contributed by atoms with Gasteiger partial charge in [-0.05, 0) is 26.2 Å². The number of nitrogens with one attached hydrogen (secondary N) is 2. The van der Waals surface area contributed by atoms with Gasteiger partial charge in [0.1, 0.15) is 17.0 Å². The van der Waals surface area contributed by atoms with Gasteiger partial charge in [-0.1, -0.05) is 42.4 Å². The van der Waals surface area contributed by atoms with Gasteiger partial charge in [-0.15, -0.1) is 0 Å². The molecule has 150 valence electrons. The predicted octanol–water partition coefficient (Wildman–Crippen LogP) is 2.37. The largest absolute Gasteiger partial charge is 0.360 e. The zero-order valence-electron chi connectivity index (χ0n) is 16.5. The molecule has 1 fully saturated rings. The predicted molar refractivity (Wildman–Crippen MR) is 107 cm³/mol. The normalized spacial score (nSPS) is 15.4. The lowest BCUT2D eigenvalue weighted by molar-refractivity contribution is -0.122. The van der Waals surface area contributed by atoms with Crippen molar-refractivity contribution in [1.82, 2.24) is 20.7 Å². The Labute approximate surface area is 165 Å². The quantitative estimate of drug-likeness (QED) is 0.765. The molecule has 2 aromatic rings. The van der Waals surface area contributed by atoms with Gasteiger partial charge < -0.3 is 15.2 Å². The van der Waals surface area contributed by atoms with Crippen molar-refractivity contribution in [2.24, 2.45) is 0 Å². The van der Waals surface area contributed by atoms with Crippen LogP contribution < -0.4 is 10.6 Å². The summed E-state index contributed by atoms with van der Waals surface area (Å²) in [5.41, 5.74) is 1.92. The number of carbonyl (C=O) groups excluding carboxylic acids is 2. The average Bonchev–Trinajstić information content (AvgIpc) is 3.10. The van der Waals surface area contributed by atoms with Crippen molar-refractivity contribution < 1.29 is 14.1 Å². The minimum Gasteiger partial charge on any atom is -0.360 e. The van der Waals surface area contributed by atoms with Gasteiger partial charge in [-0.3, -0.25) is 14.5 Å². The van der Waals surface area contributed by atoms with Crippen molar-refractivity contribution in [2.45, 2.75) is 39.2 Å². The number of aryl methyl sites for hydroxylation is 1. The number of likely N-dealkylation sites (tertiary alicyclic amines) is 1. The molecule has 1 saturated heterocycles. The monoisotopic (exact) mass is 384 g/mol. The summed E-state index contributed by atoms with van der Waals surface area (Å²) in [6.07, 6.45) is 2.57.